The van der Waals surface area contributed by atoms with Crippen molar-refractivity contribution in [2.45, 2.75) is 38.2 Å². The molecule has 4 aromatic rings. The highest BCUT2D eigenvalue weighted by molar-refractivity contribution is 5.85. The van der Waals surface area contributed by atoms with E-state index in [0.29, 0.717) is 11.7 Å². The Morgan fingerprint density at radius 3 is 2.69 bits per heavy atom. The maximum atomic E-state index is 6.26. The summed E-state index contributed by atoms with van der Waals surface area (Å²) in [6.07, 6.45) is 7.29. The molecule has 1 saturated carbocycles. The van der Waals surface area contributed by atoms with Gasteiger partial charge in [-0.05, 0) is 37.5 Å². The summed E-state index contributed by atoms with van der Waals surface area (Å²) in [5, 5.41) is 0. The summed E-state index contributed by atoms with van der Waals surface area (Å²) >= 11 is 0. The summed E-state index contributed by atoms with van der Waals surface area (Å²) in [4.78, 5) is 9.31. The Hall–Kier alpha value is -3.34. The highest BCUT2D eigenvalue weighted by Crippen LogP contribution is 2.39. The molecule has 1 unspecified atom stereocenters. The number of fused-ring (bicyclic) bond motifs is 1. The van der Waals surface area contributed by atoms with Crippen LogP contribution in [-0.4, -0.2) is 14.4 Å². The van der Waals surface area contributed by atoms with Crippen molar-refractivity contribution in [3.63, 3.8) is 0 Å². The van der Waals surface area contributed by atoms with E-state index in [4.69, 9.17) is 15.5 Å². The number of anilines is 1. The molecule has 2 heterocycles. The zero-order valence-electron chi connectivity index (χ0n) is 16.5. The van der Waals surface area contributed by atoms with Crippen molar-refractivity contribution in [2.24, 2.45) is 0 Å². The lowest BCUT2D eigenvalue weighted by Gasteiger charge is -2.23. The molecule has 5 nitrogen and oxygen atoms in total. The van der Waals surface area contributed by atoms with Crippen molar-refractivity contribution in [2.75, 3.05) is 5.73 Å². The number of rotatable bonds is 5. The predicted octanol–water partition coefficient (Wildman–Crippen LogP) is 5.39. The number of nitrogen functional groups attached to an aromatic ring is 1. The average Bonchev–Trinajstić information content (AvgIpc) is 3.08. The molecule has 1 aliphatic carbocycles. The normalized spacial score (nSPS) is 15.2. The van der Waals surface area contributed by atoms with Crippen LogP contribution in [-0.2, 0) is 0 Å². The summed E-state index contributed by atoms with van der Waals surface area (Å²) in [5.74, 6) is 2.90. The topological polar surface area (TPSA) is 65.4 Å². The molecule has 0 saturated heterocycles. The standard InChI is InChI=1S/C24H24N4O/c1-16(17-7-3-2-4-8-17)29-20-12-6-11-19(15-20)21-22-23(25)26-13-14-28(22)24(27-21)18-9-5-10-18/h2-4,6-8,11-16,18H,5,9-10H2,1H3,(H2,25,26). The molecule has 0 bridgehead atoms. The number of ether oxygens (including phenoxy) is 1. The smallest absolute Gasteiger partial charge is 0.150 e. The third-order valence-corrected chi connectivity index (χ3v) is 5.77. The molecule has 2 aromatic carbocycles. The maximum absolute atomic E-state index is 6.26. The van der Waals surface area contributed by atoms with Crippen LogP contribution in [0.1, 0.15) is 49.6 Å². The number of benzene rings is 2. The molecule has 146 valence electrons. The van der Waals surface area contributed by atoms with Gasteiger partial charge in [-0.15, -0.1) is 0 Å². The van der Waals surface area contributed by atoms with Gasteiger partial charge in [0.2, 0.25) is 0 Å². The fourth-order valence-electron chi connectivity index (χ4n) is 3.96. The lowest BCUT2D eigenvalue weighted by molar-refractivity contribution is 0.227. The second kappa shape index (κ2) is 7.24. The molecule has 2 N–H and O–H groups in total. The first kappa shape index (κ1) is 17.7. The first-order chi connectivity index (χ1) is 14.2. The largest absolute Gasteiger partial charge is 0.486 e. The van der Waals surface area contributed by atoms with E-state index in [1.165, 1.54) is 19.3 Å². The molecule has 1 aliphatic rings. The summed E-state index contributed by atoms with van der Waals surface area (Å²) in [5.41, 5.74) is 10.1. The molecule has 1 atom stereocenters. The van der Waals surface area contributed by atoms with E-state index < -0.39 is 0 Å². The van der Waals surface area contributed by atoms with Crippen molar-refractivity contribution in [1.29, 1.82) is 0 Å². The Labute approximate surface area is 170 Å². The van der Waals surface area contributed by atoms with E-state index in [9.17, 15) is 0 Å². The van der Waals surface area contributed by atoms with E-state index in [2.05, 4.69) is 34.5 Å². The van der Waals surface area contributed by atoms with Crippen molar-refractivity contribution in [3.05, 3.63) is 78.4 Å². The Morgan fingerprint density at radius 2 is 1.93 bits per heavy atom. The second-order valence-corrected chi connectivity index (χ2v) is 7.68. The van der Waals surface area contributed by atoms with E-state index in [-0.39, 0.29) is 6.10 Å². The van der Waals surface area contributed by atoms with Crippen LogP contribution < -0.4 is 10.5 Å². The Bertz CT molecular complexity index is 1150. The van der Waals surface area contributed by atoms with Gasteiger partial charge < -0.3 is 10.5 Å². The van der Waals surface area contributed by atoms with Crippen LogP contribution in [0.15, 0.2) is 67.0 Å². The average molecular weight is 384 g/mol. The lowest BCUT2D eigenvalue weighted by atomic mass is 9.85. The summed E-state index contributed by atoms with van der Waals surface area (Å²) in [6, 6.07) is 18.3. The molecule has 29 heavy (non-hydrogen) atoms. The number of hydrogen-bond acceptors (Lipinski definition) is 4. The molecular formula is C24H24N4O. The van der Waals surface area contributed by atoms with Crippen LogP contribution in [0.25, 0.3) is 16.8 Å². The van der Waals surface area contributed by atoms with Gasteiger partial charge in [0, 0.05) is 23.9 Å². The molecule has 5 rings (SSSR count). The quantitative estimate of drug-likeness (QED) is 0.501. The third-order valence-electron chi connectivity index (χ3n) is 5.77. The van der Waals surface area contributed by atoms with E-state index in [1.54, 1.807) is 6.20 Å². The number of aromatic nitrogens is 3. The number of hydrogen-bond donors (Lipinski definition) is 1. The maximum Gasteiger partial charge on any atom is 0.150 e. The Morgan fingerprint density at radius 1 is 1.10 bits per heavy atom. The fourth-order valence-corrected chi connectivity index (χ4v) is 3.96. The van der Waals surface area contributed by atoms with E-state index in [0.717, 1.165) is 33.9 Å². The van der Waals surface area contributed by atoms with Crippen molar-refractivity contribution < 1.29 is 4.74 Å². The monoisotopic (exact) mass is 384 g/mol. The minimum absolute atomic E-state index is 0.0394. The van der Waals surface area contributed by atoms with Gasteiger partial charge in [0.05, 0.1) is 0 Å². The minimum atomic E-state index is -0.0394. The minimum Gasteiger partial charge on any atom is -0.486 e. The highest BCUT2D eigenvalue weighted by atomic mass is 16.5. The van der Waals surface area contributed by atoms with Crippen LogP contribution in [0.5, 0.6) is 5.75 Å². The van der Waals surface area contributed by atoms with Gasteiger partial charge in [-0.3, -0.25) is 4.40 Å². The molecule has 5 heteroatoms. The van der Waals surface area contributed by atoms with Crippen LogP contribution in [0.4, 0.5) is 5.82 Å². The third kappa shape index (κ3) is 3.23. The molecule has 1 fully saturated rings. The zero-order chi connectivity index (χ0) is 19.8. The van der Waals surface area contributed by atoms with Crippen LogP contribution >= 0.6 is 0 Å². The number of imidazole rings is 1. The van der Waals surface area contributed by atoms with Crippen molar-refractivity contribution in [1.82, 2.24) is 14.4 Å². The van der Waals surface area contributed by atoms with Gasteiger partial charge in [0.25, 0.3) is 0 Å². The highest BCUT2D eigenvalue weighted by Gasteiger charge is 2.27. The Balaban J connectivity index is 1.53. The van der Waals surface area contributed by atoms with Crippen LogP contribution in [0, 0.1) is 0 Å². The van der Waals surface area contributed by atoms with Gasteiger partial charge in [0.15, 0.2) is 0 Å². The molecule has 0 spiro atoms. The first-order valence-corrected chi connectivity index (χ1v) is 10.1. The van der Waals surface area contributed by atoms with Gasteiger partial charge in [0.1, 0.15) is 34.7 Å². The van der Waals surface area contributed by atoms with Gasteiger partial charge >= 0.3 is 0 Å². The van der Waals surface area contributed by atoms with Gasteiger partial charge in [-0.25, -0.2) is 9.97 Å². The number of nitrogens with two attached hydrogens (primary N) is 1. The van der Waals surface area contributed by atoms with E-state index in [1.807, 2.05) is 42.6 Å². The van der Waals surface area contributed by atoms with Gasteiger partial charge in [-0.1, -0.05) is 48.9 Å². The Kier molecular flexibility index (Phi) is 4.43. The van der Waals surface area contributed by atoms with Crippen LogP contribution in [0.3, 0.4) is 0 Å². The fraction of sp³-hybridized carbons (Fsp3) is 0.250. The van der Waals surface area contributed by atoms with Gasteiger partial charge in [-0.2, -0.15) is 0 Å². The first-order valence-electron chi connectivity index (χ1n) is 10.1. The molecule has 0 radical (unpaired) electrons. The molecule has 2 aromatic heterocycles. The lowest BCUT2D eigenvalue weighted by Crippen LogP contribution is -2.12. The van der Waals surface area contributed by atoms with Crippen molar-refractivity contribution >= 4 is 11.3 Å². The van der Waals surface area contributed by atoms with Crippen LogP contribution in [0.2, 0.25) is 0 Å². The SMILES string of the molecule is CC(Oc1cccc(-c2nc(C3CCC3)n3ccnc(N)c23)c1)c1ccccc1. The summed E-state index contributed by atoms with van der Waals surface area (Å²) < 4.78 is 8.32. The predicted molar refractivity (Wildman–Crippen MR) is 115 cm³/mol. The summed E-state index contributed by atoms with van der Waals surface area (Å²) in [6.45, 7) is 2.06. The second-order valence-electron chi connectivity index (χ2n) is 7.68. The number of nitrogens with zero attached hydrogens (tertiary/aromatic N) is 3. The molecule has 0 aliphatic heterocycles. The zero-order valence-corrected chi connectivity index (χ0v) is 16.5. The van der Waals surface area contributed by atoms with Crippen molar-refractivity contribution in [3.8, 4) is 17.0 Å². The molecular weight excluding hydrogens is 360 g/mol. The summed E-state index contributed by atoms with van der Waals surface area (Å²) in [7, 11) is 0. The molecule has 0 amide bonds. The van der Waals surface area contributed by atoms with E-state index >= 15 is 0 Å².